The molecule has 1 aromatic carbocycles. The number of primary amides is 1. The van der Waals surface area contributed by atoms with Crippen LogP contribution in [0.2, 0.25) is 0 Å². The van der Waals surface area contributed by atoms with Crippen LogP contribution in [0.3, 0.4) is 0 Å². The van der Waals surface area contributed by atoms with Gasteiger partial charge < -0.3 is 16.8 Å². The minimum atomic E-state index is -0.452. The van der Waals surface area contributed by atoms with Gasteiger partial charge in [0.05, 0.1) is 5.56 Å². The van der Waals surface area contributed by atoms with Gasteiger partial charge >= 0.3 is 0 Å². The van der Waals surface area contributed by atoms with Crippen molar-refractivity contribution in [1.29, 1.82) is 0 Å². The van der Waals surface area contributed by atoms with Gasteiger partial charge in [-0.15, -0.1) is 0 Å². The molecule has 0 fully saturated rings. The van der Waals surface area contributed by atoms with Gasteiger partial charge in [0.2, 0.25) is 0 Å². The average molecular weight is 300 g/mol. The number of nitrogens with one attached hydrogen (secondary N) is 1. The predicted molar refractivity (Wildman–Crippen MR) is 74.0 cm³/mol. The van der Waals surface area contributed by atoms with Gasteiger partial charge in [-0.2, -0.15) is 0 Å². The molecule has 5 heteroatoms. The molecule has 4 nitrogen and oxygen atoms in total. The number of benzene rings is 1. The molecule has 0 aromatic heterocycles. The molecule has 5 N–H and O–H groups in total. The SMILES string of the molecule is CCCC(CN)Nc1cccc(Br)c1C(N)=O. The molecule has 0 saturated carbocycles. The van der Waals surface area contributed by atoms with Crippen molar-refractivity contribution in [1.82, 2.24) is 0 Å². The van der Waals surface area contributed by atoms with Gasteiger partial charge in [0.15, 0.2) is 0 Å². The van der Waals surface area contributed by atoms with E-state index in [1.165, 1.54) is 0 Å². The van der Waals surface area contributed by atoms with Crippen LogP contribution in [-0.2, 0) is 0 Å². The van der Waals surface area contributed by atoms with E-state index in [1.54, 1.807) is 6.07 Å². The third kappa shape index (κ3) is 3.71. The van der Waals surface area contributed by atoms with Crippen LogP contribution in [0, 0.1) is 0 Å². The highest BCUT2D eigenvalue weighted by Gasteiger charge is 2.14. The van der Waals surface area contributed by atoms with Crippen molar-refractivity contribution >= 4 is 27.5 Å². The van der Waals surface area contributed by atoms with E-state index in [0.29, 0.717) is 16.6 Å². The lowest BCUT2D eigenvalue weighted by Gasteiger charge is -2.19. The number of carbonyl (C=O) groups is 1. The molecule has 0 aliphatic heterocycles. The first-order chi connectivity index (χ1) is 8.10. The van der Waals surface area contributed by atoms with E-state index in [0.717, 1.165) is 18.5 Å². The van der Waals surface area contributed by atoms with Crippen molar-refractivity contribution in [2.75, 3.05) is 11.9 Å². The fourth-order valence-corrected chi connectivity index (χ4v) is 2.27. The van der Waals surface area contributed by atoms with Gasteiger partial charge in [0.1, 0.15) is 0 Å². The van der Waals surface area contributed by atoms with Crippen molar-refractivity contribution in [3.63, 3.8) is 0 Å². The monoisotopic (exact) mass is 299 g/mol. The van der Waals surface area contributed by atoms with Gasteiger partial charge in [-0.25, -0.2) is 0 Å². The van der Waals surface area contributed by atoms with Gasteiger partial charge in [-0.3, -0.25) is 4.79 Å². The summed E-state index contributed by atoms with van der Waals surface area (Å²) < 4.78 is 0.697. The minimum Gasteiger partial charge on any atom is -0.380 e. The number of anilines is 1. The van der Waals surface area contributed by atoms with E-state index in [-0.39, 0.29) is 6.04 Å². The molecule has 1 aromatic rings. The Morgan fingerprint density at radius 3 is 2.76 bits per heavy atom. The van der Waals surface area contributed by atoms with E-state index >= 15 is 0 Å². The van der Waals surface area contributed by atoms with E-state index in [4.69, 9.17) is 11.5 Å². The summed E-state index contributed by atoms with van der Waals surface area (Å²) in [7, 11) is 0. The number of halogens is 1. The number of hydrogen-bond donors (Lipinski definition) is 3. The second kappa shape index (κ2) is 6.61. The summed E-state index contributed by atoms with van der Waals surface area (Å²) in [6, 6.07) is 5.65. The number of hydrogen-bond acceptors (Lipinski definition) is 3. The highest BCUT2D eigenvalue weighted by atomic mass is 79.9. The lowest BCUT2D eigenvalue weighted by Crippen LogP contribution is -2.30. The largest absolute Gasteiger partial charge is 0.380 e. The highest BCUT2D eigenvalue weighted by molar-refractivity contribution is 9.10. The average Bonchev–Trinajstić information content (AvgIpc) is 2.28. The topological polar surface area (TPSA) is 81.1 Å². The standard InChI is InChI=1S/C12H18BrN3O/c1-2-4-8(7-14)16-10-6-3-5-9(13)11(10)12(15)17/h3,5-6,8,16H,2,4,7,14H2,1H3,(H2,15,17). The summed E-state index contributed by atoms with van der Waals surface area (Å²) in [5.41, 5.74) is 12.3. The number of amides is 1. The summed E-state index contributed by atoms with van der Waals surface area (Å²) in [6.45, 7) is 2.62. The highest BCUT2D eigenvalue weighted by Crippen LogP contribution is 2.25. The molecule has 1 amide bonds. The number of carbonyl (C=O) groups excluding carboxylic acids is 1. The van der Waals surface area contributed by atoms with E-state index in [1.807, 2.05) is 12.1 Å². The van der Waals surface area contributed by atoms with Crippen LogP contribution < -0.4 is 16.8 Å². The summed E-state index contributed by atoms with van der Waals surface area (Å²) in [5, 5.41) is 3.26. The third-order valence-electron chi connectivity index (χ3n) is 2.54. The lowest BCUT2D eigenvalue weighted by molar-refractivity contribution is 0.100. The third-order valence-corrected chi connectivity index (χ3v) is 3.20. The van der Waals surface area contributed by atoms with Crippen molar-refractivity contribution in [3.8, 4) is 0 Å². The van der Waals surface area contributed by atoms with Gasteiger partial charge in [-0.1, -0.05) is 19.4 Å². The van der Waals surface area contributed by atoms with E-state index in [9.17, 15) is 4.79 Å². The first-order valence-electron chi connectivity index (χ1n) is 5.65. The molecule has 0 saturated heterocycles. The zero-order chi connectivity index (χ0) is 12.8. The van der Waals surface area contributed by atoms with Crippen LogP contribution >= 0.6 is 15.9 Å². The maximum absolute atomic E-state index is 11.4. The van der Waals surface area contributed by atoms with E-state index in [2.05, 4.69) is 28.2 Å². The van der Waals surface area contributed by atoms with Crippen LogP contribution in [0.25, 0.3) is 0 Å². The van der Waals surface area contributed by atoms with Crippen LogP contribution in [0.4, 0.5) is 5.69 Å². The van der Waals surface area contributed by atoms with Crippen LogP contribution in [0.5, 0.6) is 0 Å². The zero-order valence-corrected chi connectivity index (χ0v) is 11.5. The van der Waals surface area contributed by atoms with Gasteiger partial charge in [-0.05, 0) is 34.5 Å². The first-order valence-corrected chi connectivity index (χ1v) is 6.44. The van der Waals surface area contributed by atoms with Gasteiger partial charge in [0.25, 0.3) is 5.91 Å². The van der Waals surface area contributed by atoms with Crippen molar-refractivity contribution in [2.24, 2.45) is 11.5 Å². The van der Waals surface area contributed by atoms with Crippen LogP contribution in [-0.4, -0.2) is 18.5 Å². The molecule has 0 aliphatic carbocycles. The molecule has 0 spiro atoms. The predicted octanol–water partition coefficient (Wildman–Crippen LogP) is 2.09. The van der Waals surface area contributed by atoms with Crippen LogP contribution in [0.15, 0.2) is 22.7 Å². The fourth-order valence-electron chi connectivity index (χ4n) is 1.71. The Labute approximate surface area is 110 Å². The summed E-state index contributed by atoms with van der Waals surface area (Å²) in [5.74, 6) is -0.452. The zero-order valence-electron chi connectivity index (χ0n) is 9.87. The Kier molecular flexibility index (Phi) is 5.44. The fraction of sp³-hybridized carbons (Fsp3) is 0.417. The van der Waals surface area contributed by atoms with Crippen molar-refractivity contribution in [2.45, 2.75) is 25.8 Å². The Morgan fingerprint density at radius 1 is 1.53 bits per heavy atom. The second-order valence-corrected chi connectivity index (χ2v) is 4.75. The second-order valence-electron chi connectivity index (χ2n) is 3.89. The molecule has 1 unspecified atom stereocenters. The molecule has 0 radical (unpaired) electrons. The molecule has 94 valence electrons. The molecule has 1 atom stereocenters. The molecule has 0 bridgehead atoms. The molecule has 0 heterocycles. The number of rotatable bonds is 6. The molecular weight excluding hydrogens is 282 g/mol. The van der Waals surface area contributed by atoms with E-state index < -0.39 is 5.91 Å². The van der Waals surface area contributed by atoms with Crippen molar-refractivity contribution in [3.05, 3.63) is 28.2 Å². The normalized spacial score (nSPS) is 12.2. The Bertz CT molecular complexity index is 395. The Balaban J connectivity index is 2.97. The van der Waals surface area contributed by atoms with Crippen molar-refractivity contribution < 1.29 is 4.79 Å². The maximum atomic E-state index is 11.4. The maximum Gasteiger partial charge on any atom is 0.251 e. The lowest BCUT2D eigenvalue weighted by atomic mass is 10.1. The Hall–Kier alpha value is -1.07. The summed E-state index contributed by atoms with van der Waals surface area (Å²) >= 11 is 3.33. The minimum absolute atomic E-state index is 0.160. The number of nitrogens with two attached hydrogens (primary N) is 2. The smallest absolute Gasteiger partial charge is 0.251 e. The Morgan fingerprint density at radius 2 is 2.24 bits per heavy atom. The first kappa shape index (κ1) is 14.0. The molecule has 17 heavy (non-hydrogen) atoms. The molecule has 1 rings (SSSR count). The molecule has 0 aliphatic rings. The molecular formula is C12H18BrN3O. The van der Waals surface area contributed by atoms with Gasteiger partial charge in [0, 0.05) is 22.7 Å². The summed E-state index contributed by atoms with van der Waals surface area (Å²) in [4.78, 5) is 11.4. The van der Waals surface area contributed by atoms with Crippen LogP contribution in [0.1, 0.15) is 30.1 Å². The quantitative estimate of drug-likeness (QED) is 0.752. The summed E-state index contributed by atoms with van der Waals surface area (Å²) in [6.07, 6.45) is 2.00.